The van der Waals surface area contributed by atoms with Gasteiger partial charge in [0.05, 0.1) is 18.8 Å². The number of carbonyl (C=O) groups is 1. The van der Waals surface area contributed by atoms with Crippen molar-refractivity contribution in [1.29, 1.82) is 0 Å². The van der Waals surface area contributed by atoms with Crippen LogP contribution in [0.25, 0.3) is 0 Å². The van der Waals surface area contributed by atoms with E-state index in [2.05, 4.69) is 4.74 Å². The van der Waals surface area contributed by atoms with Gasteiger partial charge in [-0.2, -0.15) is 0 Å². The van der Waals surface area contributed by atoms with Crippen molar-refractivity contribution < 1.29 is 19.0 Å². The summed E-state index contributed by atoms with van der Waals surface area (Å²) in [6.45, 7) is 6.11. The Kier molecular flexibility index (Phi) is 7.15. The van der Waals surface area contributed by atoms with Gasteiger partial charge in [0.15, 0.2) is 0 Å². The highest BCUT2D eigenvalue weighted by Crippen LogP contribution is 2.17. The van der Waals surface area contributed by atoms with Crippen molar-refractivity contribution in [3.05, 3.63) is 35.4 Å². The number of esters is 1. The van der Waals surface area contributed by atoms with Gasteiger partial charge in [0.2, 0.25) is 0 Å². The maximum Gasteiger partial charge on any atom is 0.337 e. The fourth-order valence-corrected chi connectivity index (χ4v) is 1.67. The van der Waals surface area contributed by atoms with E-state index in [1.165, 1.54) is 7.11 Å². The van der Waals surface area contributed by atoms with Crippen LogP contribution in [0.1, 0.15) is 42.3 Å². The Morgan fingerprint density at radius 2 is 1.89 bits per heavy atom. The summed E-state index contributed by atoms with van der Waals surface area (Å²) in [6.07, 6.45) is 0.895. The second-order valence-electron chi connectivity index (χ2n) is 4.18. The van der Waals surface area contributed by atoms with E-state index in [4.69, 9.17) is 9.47 Å². The van der Waals surface area contributed by atoms with E-state index in [9.17, 15) is 4.79 Å². The van der Waals surface area contributed by atoms with Crippen molar-refractivity contribution in [2.24, 2.45) is 0 Å². The van der Waals surface area contributed by atoms with Crippen LogP contribution < -0.4 is 0 Å². The molecule has 4 heteroatoms. The van der Waals surface area contributed by atoms with Gasteiger partial charge in [0.25, 0.3) is 0 Å². The number of carbonyl (C=O) groups excluding carboxylic acids is 1. The first-order valence-corrected chi connectivity index (χ1v) is 6.56. The first-order valence-electron chi connectivity index (χ1n) is 6.56. The minimum atomic E-state index is -0.322. The van der Waals surface area contributed by atoms with Gasteiger partial charge in [-0.1, -0.05) is 12.1 Å². The summed E-state index contributed by atoms with van der Waals surface area (Å²) in [6, 6.07) is 7.28. The lowest BCUT2D eigenvalue weighted by Gasteiger charge is -2.13. The number of hydrogen-bond donors (Lipinski definition) is 0. The fraction of sp³-hybridized carbons (Fsp3) is 0.533. The second kappa shape index (κ2) is 8.67. The highest BCUT2D eigenvalue weighted by molar-refractivity contribution is 5.89. The van der Waals surface area contributed by atoms with Gasteiger partial charge in [-0.05, 0) is 38.0 Å². The molecule has 0 aliphatic rings. The Hall–Kier alpha value is -1.39. The van der Waals surface area contributed by atoms with Gasteiger partial charge in [-0.15, -0.1) is 0 Å². The zero-order valence-corrected chi connectivity index (χ0v) is 11.8. The van der Waals surface area contributed by atoms with E-state index in [0.717, 1.165) is 25.2 Å². The van der Waals surface area contributed by atoms with Gasteiger partial charge < -0.3 is 14.2 Å². The van der Waals surface area contributed by atoms with Crippen LogP contribution in [0.5, 0.6) is 0 Å². The third-order valence-corrected chi connectivity index (χ3v) is 2.81. The topological polar surface area (TPSA) is 44.8 Å². The van der Waals surface area contributed by atoms with Crippen molar-refractivity contribution in [1.82, 2.24) is 0 Å². The lowest BCUT2D eigenvalue weighted by molar-refractivity contribution is 0.0439. The minimum Gasteiger partial charge on any atom is -0.465 e. The molecule has 1 rings (SSSR count). The van der Waals surface area contributed by atoms with E-state index >= 15 is 0 Å². The maximum absolute atomic E-state index is 11.3. The van der Waals surface area contributed by atoms with E-state index < -0.39 is 0 Å². The highest BCUT2D eigenvalue weighted by atomic mass is 16.5. The van der Waals surface area contributed by atoms with Crippen molar-refractivity contribution in [2.75, 3.05) is 26.9 Å². The quantitative estimate of drug-likeness (QED) is 0.536. The molecule has 0 amide bonds. The Labute approximate surface area is 114 Å². The predicted octanol–water partition coefficient (Wildman–Crippen LogP) is 2.98. The molecular weight excluding hydrogens is 244 g/mol. The molecule has 1 unspecified atom stereocenters. The van der Waals surface area contributed by atoms with Crippen molar-refractivity contribution in [3.63, 3.8) is 0 Å². The van der Waals surface area contributed by atoms with Crippen LogP contribution >= 0.6 is 0 Å². The summed E-state index contributed by atoms with van der Waals surface area (Å²) in [5, 5.41) is 0. The first kappa shape index (κ1) is 15.7. The summed E-state index contributed by atoms with van der Waals surface area (Å²) in [5.41, 5.74) is 1.60. The number of hydrogen-bond acceptors (Lipinski definition) is 4. The molecule has 0 aromatic heterocycles. The summed E-state index contributed by atoms with van der Waals surface area (Å²) in [5.74, 6) is -0.322. The van der Waals surface area contributed by atoms with Crippen LogP contribution in [0, 0.1) is 0 Å². The molecule has 0 N–H and O–H groups in total. The molecule has 1 atom stereocenters. The average molecular weight is 266 g/mol. The van der Waals surface area contributed by atoms with E-state index in [-0.39, 0.29) is 12.1 Å². The molecule has 0 heterocycles. The summed E-state index contributed by atoms with van der Waals surface area (Å²) < 4.78 is 15.6. The van der Waals surface area contributed by atoms with Crippen molar-refractivity contribution >= 4 is 5.97 Å². The molecule has 0 aliphatic carbocycles. The molecule has 0 saturated heterocycles. The van der Waals surface area contributed by atoms with Gasteiger partial charge in [-0.25, -0.2) is 4.79 Å². The molecule has 0 saturated carbocycles. The molecule has 0 radical (unpaired) electrons. The molecule has 0 fully saturated rings. The van der Waals surface area contributed by atoms with Crippen LogP contribution in [-0.4, -0.2) is 32.9 Å². The first-order chi connectivity index (χ1) is 9.19. The standard InChI is InChI=1S/C15H22O4/c1-4-18-10-5-11-19-12(2)13-6-8-14(9-7-13)15(16)17-3/h6-9,12H,4-5,10-11H2,1-3H3. The zero-order valence-electron chi connectivity index (χ0n) is 11.8. The second-order valence-corrected chi connectivity index (χ2v) is 4.18. The lowest BCUT2D eigenvalue weighted by atomic mass is 10.1. The Morgan fingerprint density at radius 3 is 2.47 bits per heavy atom. The molecule has 4 nitrogen and oxygen atoms in total. The molecule has 1 aromatic rings. The van der Waals surface area contributed by atoms with Crippen molar-refractivity contribution in [2.45, 2.75) is 26.4 Å². The van der Waals surface area contributed by atoms with Crippen molar-refractivity contribution in [3.8, 4) is 0 Å². The Balaban J connectivity index is 2.40. The lowest BCUT2D eigenvalue weighted by Crippen LogP contribution is -2.06. The molecule has 19 heavy (non-hydrogen) atoms. The third-order valence-electron chi connectivity index (χ3n) is 2.81. The summed E-state index contributed by atoms with van der Waals surface area (Å²) >= 11 is 0. The minimum absolute atomic E-state index is 0.00771. The van der Waals surface area contributed by atoms with Gasteiger partial charge in [0.1, 0.15) is 0 Å². The number of methoxy groups -OCH3 is 1. The predicted molar refractivity (Wildman–Crippen MR) is 73.3 cm³/mol. The Morgan fingerprint density at radius 1 is 1.21 bits per heavy atom. The fourth-order valence-electron chi connectivity index (χ4n) is 1.67. The van der Waals surface area contributed by atoms with Crippen LogP contribution in [0.3, 0.4) is 0 Å². The largest absolute Gasteiger partial charge is 0.465 e. The zero-order chi connectivity index (χ0) is 14.1. The molecule has 1 aromatic carbocycles. The van der Waals surface area contributed by atoms with Crippen LogP contribution in [0.4, 0.5) is 0 Å². The molecule has 0 bridgehead atoms. The van der Waals surface area contributed by atoms with Gasteiger partial charge in [-0.3, -0.25) is 0 Å². The SMILES string of the molecule is CCOCCCOC(C)c1ccc(C(=O)OC)cc1. The average Bonchev–Trinajstić information content (AvgIpc) is 2.46. The monoisotopic (exact) mass is 266 g/mol. The van der Waals surface area contributed by atoms with Gasteiger partial charge >= 0.3 is 5.97 Å². The highest BCUT2D eigenvalue weighted by Gasteiger charge is 2.08. The third kappa shape index (κ3) is 5.41. The van der Waals surface area contributed by atoms with E-state index in [1.807, 2.05) is 26.0 Å². The molecule has 106 valence electrons. The number of rotatable bonds is 8. The smallest absolute Gasteiger partial charge is 0.337 e. The summed E-state index contributed by atoms with van der Waals surface area (Å²) in [4.78, 5) is 11.3. The van der Waals surface area contributed by atoms with E-state index in [0.29, 0.717) is 12.2 Å². The molecule has 0 aliphatic heterocycles. The van der Waals surface area contributed by atoms with E-state index in [1.54, 1.807) is 12.1 Å². The summed E-state index contributed by atoms with van der Waals surface area (Å²) in [7, 11) is 1.38. The van der Waals surface area contributed by atoms with Crippen LogP contribution in [0.2, 0.25) is 0 Å². The van der Waals surface area contributed by atoms with Crippen LogP contribution in [-0.2, 0) is 14.2 Å². The molecule has 0 spiro atoms. The Bertz CT molecular complexity index is 372. The normalized spacial score (nSPS) is 12.2. The number of benzene rings is 1. The number of ether oxygens (including phenoxy) is 3. The van der Waals surface area contributed by atoms with Crippen LogP contribution in [0.15, 0.2) is 24.3 Å². The van der Waals surface area contributed by atoms with Gasteiger partial charge in [0, 0.05) is 19.8 Å². The molecular formula is C15H22O4. The maximum atomic E-state index is 11.3.